The van der Waals surface area contributed by atoms with Crippen molar-refractivity contribution in [3.63, 3.8) is 0 Å². The summed E-state index contributed by atoms with van der Waals surface area (Å²) in [5, 5.41) is 2.72. The summed E-state index contributed by atoms with van der Waals surface area (Å²) in [7, 11) is 0. The minimum atomic E-state index is 0.148. The molecule has 0 saturated heterocycles. The Balaban J connectivity index is 0.997. The van der Waals surface area contributed by atoms with Gasteiger partial charge in [0.1, 0.15) is 0 Å². The standard InChI is InChI=1S/C54H56N2/c1-53(2)47-19-11-8-16-41(47)43-29-27-39(33-49(43)53)55(40-28-30-44-42-17-9-12-20-48(42)54(3,4)50(44)34-40)38-25-22-35(23-26-38)36-24-31-52-46(32-36)45-18-10-13-21-51(45)56(52)37-14-6-5-7-15-37/h5-6,8,10,12-13,16,18,20-33,37,41-42,47-48,50H,7,9,11,14-15,17,19,34H2,1-4H3. The summed E-state index contributed by atoms with van der Waals surface area (Å²) in [6.45, 7) is 10.1. The van der Waals surface area contributed by atoms with Crippen LogP contribution in [0, 0.1) is 29.1 Å². The van der Waals surface area contributed by atoms with Gasteiger partial charge in [-0.2, -0.15) is 0 Å². The van der Waals surface area contributed by atoms with E-state index in [4.69, 9.17) is 0 Å². The molecule has 1 heterocycles. The molecule has 0 spiro atoms. The molecule has 1 aromatic heterocycles. The molecular formula is C54H56N2. The average molecular weight is 733 g/mol. The first-order valence-electron chi connectivity index (χ1n) is 21.8. The third-order valence-electron chi connectivity index (χ3n) is 15.6. The molecule has 0 N–H and O–H groups in total. The first-order valence-corrected chi connectivity index (χ1v) is 21.8. The van der Waals surface area contributed by atoms with E-state index < -0.39 is 0 Å². The molecule has 6 aliphatic rings. The van der Waals surface area contributed by atoms with Crippen LogP contribution in [0.1, 0.15) is 102 Å². The molecule has 6 atom stereocenters. The van der Waals surface area contributed by atoms with Crippen LogP contribution in [0.5, 0.6) is 0 Å². The SMILES string of the molecule is CC1(C)c2cc(N(C3=CC=C4C5CCC=CC5C(C)(C)C4C3)c3ccc(-c4ccc5c(c4)c4ccccc4n5C4CC=CCC4)cc3)ccc2C2C=CCCC21. The van der Waals surface area contributed by atoms with Crippen molar-refractivity contribution in [2.75, 3.05) is 4.90 Å². The summed E-state index contributed by atoms with van der Waals surface area (Å²) in [6, 6.07) is 33.7. The number of anilines is 2. The van der Waals surface area contributed by atoms with E-state index in [-0.39, 0.29) is 10.8 Å². The first kappa shape index (κ1) is 34.4. The Labute approximate surface area is 334 Å². The molecule has 2 nitrogen and oxygen atoms in total. The number of fused-ring (bicyclic) bond motifs is 9. The molecule has 2 heteroatoms. The van der Waals surface area contributed by atoms with Crippen molar-refractivity contribution in [1.82, 2.24) is 4.57 Å². The van der Waals surface area contributed by atoms with Gasteiger partial charge in [-0.3, -0.25) is 0 Å². The van der Waals surface area contributed by atoms with Crippen molar-refractivity contribution in [2.45, 2.75) is 96.4 Å². The van der Waals surface area contributed by atoms with Crippen LogP contribution in [0.15, 0.2) is 145 Å². The molecule has 6 unspecified atom stereocenters. The summed E-state index contributed by atoms with van der Waals surface area (Å²) >= 11 is 0. The van der Waals surface area contributed by atoms with Gasteiger partial charge in [0.25, 0.3) is 0 Å². The van der Waals surface area contributed by atoms with Crippen LogP contribution in [0.3, 0.4) is 0 Å². The van der Waals surface area contributed by atoms with Gasteiger partial charge < -0.3 is 9.47 Å². The smallest absolute Gasteiger partial charge is 0.0494 e. The fraction of sp³-hybridized carbons (Fsp3) is 0.370. The number of benzene rings is 4. The van der Waals surface area contributed by atoms with Gasteiger partial charge in [-0.15, -0.1) is 0 Å². The predicted molar refractivity (Wildman–Crippen MR) is 237 cm³/mol. The van der Waals surface area contributed by atoms with Gasteiger partial charge in [-0.25, -0.2) is 0 Å². The van der Waals surface area contributed by atoms with E-state index in [1.54, 1.807) is 16.7 Å². The predicted octanol–water partition coefficient (Wildman–Crippen LogP) is 14.7. The zero-order valence-corrected chi connectivity index (χ0v) is 33.7. The Hall–Kier alpha value is -4.82. The minimum absolute atomic E-state index is 0.148. The second-order valence-electron chi connectivity index (χ2n) is 19.1. The summed E-state index contributed by atoms with van der Waals surface area (Å²) in [5.74, 6) is 3.09. The maximum absolute atomic E-state index is 2.62. The largest absolute Gasteiger partial charge is 0.337 e. The fourth-order valence-electron chi connectivity index (χ4n) is 12.7. The van der Waals surface area contributed by atoms with Crippen LogP contribution in [0.25, 0.3) is 32.9 Å². The second kappa shape index (κ2) is 12.9. The van der Waals surface area contributed by atoms with Crippen LogP contribution in [0.2, 0.25) is 0 Å². The Morgan fingerprint density at radius 1 is 0.661 bits per heavy atom. The molecule has 0 radical (unpaired) electrons. The van der Waals surface area contributed by atoms with Crippen molar-refractivity contribution >= 4 is 33.2 Å². The molecule has 11 rings (SSSR count). The summed E-state index contributed by atoms with van der Waals surface area (Å²) in [5.41, 5.74) is 14.4. The van der Waals surface area contributed by atoms with Crippen molar-refractivity contribution < 1.29 is 0 Å². The van der Waals surface area contributed by atoms with E-state index in [1.807, 2.05) is 0 Å². The van der Waals surface area contributed by atoms with Crippen molar-refractivity contribution in [1.29, 1.82) is 0 Å². The normalized spacial score (nSPS) is 28.1. The number of aromatic nitrogens is 1. The second-order valence-corrected chi connectivity index (χ2v) is 19.1. The molecule has 5 aromatic rings. The van der Waals surface area contributed by atoms with Crippen LogP contribution in [-0.2, 0) is 5.41 Å². The Morgan fingerprint density at radius 3 is 2.29 bits per heavy atom. The van der Waals surface area contributed by atoms with Crippen molar-refractivity contribution in [3.05, 3.63) is 156 Å². The lowest BCUT2D eigenvalue weighted by molar-refractivity contribution is 0.201. The van der Waals surface area contributed by atoms with Gasteiger partial charge in [0, 0.05) is 50.8 Å². The summed E-state index contributed by atoms with van der Waals surface area (Å²) in [4.78, 5) is 2.62. The van der Waals surface area contributed by atoms with Crippen molar-refractivity contribution in [3.8, 4) is 11.1 Å². The molecule has 1 saturated carbocycles. The topological polar surface area (TPSA) is 8.17 Å². The van der Waals surface area contributed by atoms with Gasteiger partial charge in [-0.05, 0) is 157 Å². The van der Waals surface area contributed by atoms with Gasteiger partial charge in [0.2, 0.25) is 0 Å². The highest BCUT2D eigenvalue weighted by atomic mass is 15.2. The number of nitrogens with zero attached hydrogens (tertiary/aromatic N) is 2. The molecule has 6 aliphatic carbocycles. The zero-order chi connectivity index (χ0) is 37.8. The van der Waals surface area contributed by atoms with Gasteiger partial charge in [-0.1, -0.05) is 118 Å². The van der Waals surface area contributed by atoms with Crippen molar-refractivity contribution in [2.24, 2.45) is 29.1 Å². The Bertz CT molecular complexity index is 2530. The van der Waals surface area contributed by atoms with Crippen LogP contribution in [-0.4, -0.2) is 4.57 Å². The number of para-hydroxylation sites is 1. The molecule has 56 heavy (non-hydrogen) atoms. The van der Waals surface area contributed by atoms with E-state index in [2.05, 4.69) is 171 Å². The number of rotatable bonds is 5. The number of hydrogen-bond donors (Lipinski definition) is 0. The maximum atomic E-state index is 2.62. The summed E-state index contributed by atoms with van der Waals surface area (Å²) < 4.78 is 2.62. The minimum Gasteiger partial charge on any atom is -0.337 e. The molecule has 4 aromatic carbocycles. The Kier molecular flexibility index (Phi) is 7.90. The highest BCUT2D eigenvalue weighted by molar-refractivity contribution is 6.09. The lowest BCUT2D eigenvalue weighted by atomic mass is 9.71. The van der Waals surface area contributed by atoms with Crippen LogP contribution < -0.4 is 4.90 Å². The van der Waals surface area contributed by atoms with E-state index in [1.165, 1.54) is 82.1 Å². The van der Waals surface area contributed by atoms with E-state index in [0.717, 1.165) is 19.3 Å². The van der Waals surface area contributed by atoms with Crippen LogP contribution in [0.4, 0.5) is 11.4 Å². The third-order valence-corrected chi connectivity index (χ3v) is 15.6. The fourth-order valence-corrected chi connectivity index (χ4v) is 12.7. The Morgan fingerprint density at radius 2 is 1.43 bits per heavy atom. The molecule has 1 fully saturated rings. The lowest BCUT2D eigenvalue weighted by Gasteiger charge is -2.37. The molecular weight excluding hydrogens is 677 g/mol. The van der Waals surface area contributed by atoms with E-state index >= 15 is 0 Å². The average Bonchev–Trinajstić information content (AvgIpc) is 3.78. The van der Waals surface area contributed by atoms with E-state index in [9.17, 15) is 0 Å². The molecule has 0 amide bonds. The molecule has 0 bridgehead atoms. The van der Waals surface area contributed by atoms with Gasteiger partial charge >= 0.3 is 0 Å². The van der Waals surface area contributed by atoms with Crippen LogP contribution >= 0.6 is 0 Å². The first-order chi connectivity index (χ1) is 27.3. The highest BCUT2D eigenvalue weighted by Crippen LogP contribution is 2.61. The summed E-state index contributed by atoms with van der Waals surface area (Å²) in [6.07, 6.45) is 29.2. The quantitative estimate of drug-likeness (QED) is 0.163. The molecule has 0 aliphatic heterocycles. The third kappa shape index (κ3) is 5.13. The number of hydrogen-bond acceptors (Lipinski definition) is 1. The lowest BCUT2D eigenvalue weighted by Crippen LogP contribution is -2.29. The highest BCUT2D eigenvalue weighted by Gasteiger charge is 2.52. The maximum Gasteiger partial charge on any atom is 0.0494 e. The molecule has 282 valence electrons. The zero-order valence-electron chi connectivity index (χ0n) is 33.7. The number of allylic oxidation sites excluding steroid dienone is 10. The van der Waals surface area contributed by atoms with Gasteiger partial charge in [0.05, 0.1) is 0 Å². The van der Waals surface area contributed by atoms with Gasteiger partial charge in [0.15, 0.2) is 0 Å². The monoisotopic (exact) mass is 732 g/mol. The van der Waals surface area contributed by atoms with E-state index in [0.29, 0.717) is 35.6 Å².